The third-order valence-corrected chi connectivity index (χ3v) is 11.1. The number of likely N-dealkylation sites (tertiary alicyclic amines) is 1. The van der Waals surface area contributed by atoms with Crippen molar-refractivity contribution in [2.45, 2.75) is 88.2 Å². The molecule has 4 saturated heterocycles. The Morgan fingerprint density at radius 2 is 1.70 bits per heavy atom. The molecule has 0 spiro atoms. The average molecular weight is 620 g/mol. The van der Waals surface area contributed by atoms with Gasteiger partial charge in [0.2, 0.25) is 5.91 Å². The minimum absolute atomic E-state index is 0.0955. The van der Waals surface area contributed by atoms with Crippen molar-refractivity contribution in [1.82, 2.24) is 9.80 Å². The zero-order valence-corrected chi connectivity index (χ0v) is 27.0. The molecular weight excluding hydrogens is 575 g/mol. The quantitative estimate of drug-likeness (QED) is 0.241. The molecule has 0 N–H and O–H groups in total. The fraction of sp³-hybridized carbons (Fsp3) is 0.486. The molecule has 4 nitrogen and oxygen atoms in total. The molecule has 3 aromatic carbocycles. The van der Waals surface area contributed by atoms with Crippen LogP contribution in [0.1, 0.15) is 75.5 Å². The minimum Gasteiger partial charge on any atom is -0.491 e. The summed E-state index contributed by atoms with van der Waals surface area (Å²) in [5, 5.41) is 1.17. The highest BCUT2D eigenvalue weighted by atomic mass is 35.5. The molecule has 4 heterocycles. The zero-order valence-electron chi connectivity index (χ0n) is 25.5. The van der Waals surface area contributed by atoms with Gasteiger partial charge in [0.05, 0.1) is 22.6 Å². The number of ether oxygens (including phenoxy) is 1. The second-order valence-corrected chi connectivity index (χ2v) is 14.2. The summed E-state index contributed by atoms with van der Waals surface area (Å²) < 4.78 is 5.89. The van der Waals surface area contributed by atoms with Crippen LogP contribution in [0.25, 0.3) is 0 Å². The molecule has 4 aliphatic rings. The Morgan fingerprint density at radius 3 is 2.44 bits per heavy atom. The first kappa shape index (κ1) is 30.5. The third-order valence-electron chi connectivity index (χ3n) is 10.3. The van der Waals surface area contributed by atoms with Gasteiger partial charge in [0.15, 0.2) is 0 Å². The van der Waals surface area contributed by atoms with Gasteiger partial charge in [-0.1, -0.05) is 71.7 Å². The molecule has 2 atom stereocenters. The molecule has 228 valence electrons. The maximum Gasteiger partial charge on any atom is 0.227 e. The summed E-state index contributed by atoms with van der Waals surface area (Å²) in [6.45, 7) is 7.88. The van der Waals surface area contributed by atoms with Gasteiger partial charge in [-0.05, 0) is 118 Å². The largest absolute Gasteiger partial charge is 0.491 e. The highest BCUT2D eigenvalue weighted by Crippen LogP contribution is 2.48. The number of nitrogens with zero attached hydrogens (tertiary/aromatic N) is 2. The van der Waals surface area contributed by atoms with E-state index >= 15 is 0 Å². The molecule has 2 unspecified atom stereocenters. The van der Waals surface area contributed by atoms with Crippen LogP contribution in [0.15, 0.2) is 72.8 Å². The van der Waals surface area contributed by atoms with Gasteiger partial charge in [-0.3, -0.25) is 4.79 Å². The number of halogens is 2. The van der Waals surface area contributed by atoms with Gasteiger partial charge in [0.1, 0.15) is 5.75 Å². The molecule has 43 heavy (non-hydrogen) atoms. The van der Waals surface area contributed by atoms with Gasteiger partial charge in [-0.25, -0.2) is 0 Å². The molecule has 6 heteroatoms. The fourth-order valence-electron chi connectivity index (χ4n) is 8.07. The van der Waals surface area contributed by atoms with E-state index in [0.29, 0.717) is 34.5 Å². The number of benzene rings is 3. The predicted molar refractivity (Wildman–Crippen MR) is 176 cm³/mol. The summed E-state index contributed by atoms with van der Waals surface area (Å²) >= 11 is 13.0. The third kappa shape index (κ3) is 6.62. The Kier molecular flexibility index (Phi) is 9.10. The van der Waals surface area contributed by atoms with Crippen LogP contribution in [0.4, 0.5) is 0 Å². The number of hydrogen-bond acceptors (Lipinski definition) is 3. The Balaban J connectivity index is 1.22. The lowest BCUT2D eigenvalue weighted by Gasteiger charge is -2.54. The van der Waals surface area contributed by atoms with E-state index in [1.165, 1.54) is 43.5 Å². The molecule has 2 bridgehead atoms. The Hall–Kier alpha value is -2.53. The standard InChI is InChI=1S/C37H44Cl2N2O2/c1-27(2)43-32-11-6-8-28(22-32)23-35(42)41-19-7-15-37(26-41,30-12-13-33(38)34(39)24-30)16-14-31-25-36(17-20-40(31)21-18-36)29-9-4-3-5-10-29/h3-6,8-13,22,24,27,31H,7,14-21,23,25-26H2,1-2H3. The van der Waals surface area contributed by atoms with E-state index in [1.54, 1.807) is 0 Å². The number of piperidine rings is 4. The van der Waals surface area contributed by atoms with Gasteiger partial charge in [-0.2, -0.15) is 0 Å². The topological polar surface area (TPSA) is 32.8 Å². The van der Waals surface area contributed by atoms with Crippen molar-refractivity contribution in [3.05, 3.63) is 99.5 Å². The van der Waals surface area contributed by atoms with Crippen LogP contribution in [0.2, 0.25) is 10.0 Å². The van der Waals surface area contributed by atoms with E-state index < -0.39 is 0 Å². The molecule has 0 radical (unpaired) electrons. The summed E-state index contributed by atoms with van der Waals surface area (Å²) in [4.78, 5) is 18.6. The van der Waals surface area contributed by atoms with Crippen LogP contribution in [0.3, 0.4) is 0 Å². The van der Waals surface area contributed by atoms with Gasteiger partial charge in [0, 0.05) is 24.5 Å². The van der Waals surface area contributed by atoms with Crippen LogP contribution in [0, 0.1) is 0 Å². The second kappa shape index (κ2) is 12.8. The average Bonchev–Trinajstić information content (AvgIpc) is 3.02. The number of carbonyl (C=O) groups excluding carboxylic acids is 1. The second-order valence-electron chi connectivity index (χ2n) is 13.4. The summed E-state index contributed by atoms with van der Waals surface area (Å²) in [6.07, 6.45) is 8.35. The van der Waals surface area contributed by atoms with E-state index in [0.717, 1.165) is 43.5 Å². The van der Waals surface area contributed by atoms with Crippen molar-refractivity contribution in [2.24, 2.45) is 0 Å². The monoisotopic (exact) mass is 618 g/mol. The lowest BCUT2D eigenvalue weighted by molar-refractivity contribution is -0.132. The normalized spacial score (nSPS) is 27.0. The van der Waals surface area contributed by atoms with Crippen molar-refractivity contribution in [2.75, 3.05) is 26.2 Å². The maximum atomic E-state index is 13.8. The zero-order chi connectivity index (χ0) is 30.0. The van der Waals surface area contributed by atoms with Crippen LogP contribution < -0.4 is 4.74 Å². The molecule has 4 aliphatic heterocycles. The van der Waals surface area contributed by atoms with Crippen LogP contribution in [0.5, 0.6) is 5.75 Å². The van der Waals surface area contributed by atoms with E-state index in [4.69, 9.17) is 27.9 Å². The van der Waals surface area contributed by atoms with E-state index in [1.807, 2.05) is 44.2 Å². The van der Waals surface area contributed by atoms with Gasteiger partial charge in [0.25, 0.3) is 0 Å². The summed E-state index contributed by atoms with van der Waals surface area (Å²) in [5.41, 5.74) is 3.85. The number of hydrogen-bond donors (Lipinski definition) is 0. The summed E-state index contributed by atoms with van der Waals surface area (Å²) in [6, 6.07) is 25.8. The number of fused-ring (bicyclic) bond motifs is 3. The van der Waals surface area contributed by atoms with E-state index in [-0.39, 0.29) is 17.4 Å². The summed E-state index contributed by atoms with van der Waals surface area (Å²) in [5.74, 6) is 0.989. The molecule has 4 fully saturated rings. The number of rotatable bonds is 9. The lowest BCUT2D eigenvalue weighted by atomic mass is 9.63. The maximum absolute atomic E-state index is 13.8. The van der Waals surface area contributed by atoms with Crippen molar-refractivity contribution in [1.29, 1.82) is 0 Å². The SMILES string of the molecule is CC(C)Oc1cccc(CC(=O)N2CCCC(CCC3CC4(c5ccccc5)CCN3CC4)(c3ccc(Cl)c(Cl)c3)C2)c1. The highest BCUT2D eigenvalue weighted by molar-refractivity contribution is 6.42. The van der Waals surface area contributed by atoms with Crippen LogP contribution in [-0.2, 0) is 22.0 Å². The van der Waals surface area contributed by atoms with E-state index in [2.05, 4.69) is 52.3 Å². The molecule has 0 saturated carbocycles. The summed E-state index contributed by atoms with van der Waals surface area (Å²) in [7, 11) is 0. The predicted octanol–water partition coefficient (Wildman–Crippen LogP) is 8.47. The van der Waals surface area contributed by atoms with Crippen molar-refractivity contribution >= 4 is 29.1 Å². The Morgan fingerprint density at radius 1 is 0.907 bits per heavy atom. The van der Waals surface area contributed by atoms with Crippen molar-refractivity contribution < 1.29 is 9.53 Å². The molecule has 7 rings (SSSR count). The first-order valence-corrected chi connectivity index (χ1v) is 16.8. The molecule has 1 amide bonds. The van der Waals surface area contributed by atoms with Gasteiger partial charge in [-0.15, -0.1) is 0 Å². The first-order chi connectivity index (χ1) is 20.8. The fourth-order valence-corrected chi connectivity index (χ4v) is 8.37. The molecular formula is C37H44Cl2N2O2. The van der Waals surface area contributed by atoms with Gasteiger partial charge < -0.3 is 14.5 Å². The molecule has 3 aromatic rings. The van der Waals surface area contributed by atoms with Crippen molar-refractivity contribution in [3.63, 3.8) is 0 Å². The minimum atomic E-state index is -0.150. The number of amides is 1. The van der Waals surface area contributed by atoms with Crippen LogP contribution >= 0.6 is 23.2 Å². The van der Waals surface area contributed by atoms with Gasteiger partial charge >= 0.3 is 0 Å². The van der Waals surface area contributed by atoms with E-state index in [9.17, 15) is 4.79 Å². The van der Waals surface area contributed by atoms with Crippen LogP contribution in [-0.4, -0.2) is 54.0 Å². The molecule has 0 aromatic heterocycles. The Bertz CT molecular complexity index is 1420. The highest BCUT2D eigenvalue weighted by Gasteiger charge is 2.47. The smallest absolute Gasteiger partial charge is 0.227 e. The van der Waals surface area contributed by atoms with Crippen molar-refractivity contribution in [3.8, 4) is 5.75 Å². The molecule has 0 aliphatic carbocycles. The first-order valence-electron chi connectivity index (χ1n) is 16.0. The number of carbonyl (C=O) groups is 1. The lowest BCUT2D eigenvalue weighted by Crippen LogP contribution is -2.56. The Labute approximate surface area is 267 Å².